The number of hydrogen-bond acceptors (Lipinski definition) is 4. The summed E-state index contributed by atoms with van der Waals surface area (Å²) in [5.74, 6) is 0. The van der Waals surface area contributed by atoms with Crippen molar-refractivity contribution in [3.63, 3.8) is 0 Å². The summed E-state index contributed by atoms with van der Waals surface area (Å²) in [4.78, 5) is 0. The molecule has 1 aromatic heterocycles. The lowest BCUT2D eigenvalue weighted by Gasteiger charge is -2.22. The molecule has 1 N–H and O–H groups in total. The van der Waals surface area contributed by atoms with Gasteiger partial charge in [0.05, 0.1) is 36.2 Å². The van der Waals surface area contributed by atoms with E-state index in [1.165, 1.54) is 0 Å². The van der Waals surface area contributed by atoms with E-state index in [4.69, 9.17) is 21.1 Å². The van der Waals surface area contributed by atoms with Crippen LogP contribution in [0.1, 0.15) is 38.4 Å². The molecule has 0 saturated carbocycles. The SMILES string of the molecule is CCCn1ncc(Cl)c1C(CC1OCCO1)NCC. The maximum absolute atomic E-state index is 6.29. The molecular formula is C13H22ClN3O2. The topological polar surface area (TPSA) is 48.3 Å². The van der Waals surface area contributed by atoms with Gasteiger partial charge in [-0.15, -0.1) is 0 Å². The Morgan fingerprint density at radius 2 is 2.21 bits per heavy atom. The van der Waals surface area contributed by atoms with Gasteiger partial charge in [0.1, 0.15) is 0 Å². The molecule has 1 aliphatic rings. The molecular weight excluding hydrogens is 266 g/mol. The fraction of sp³-hybridized carbons (Fsp3) is 0.769. The summed E-state index contributed by atoms with van der Waals surface area (Å²) in [7, 11) is 0. The first-order valence-corrected chi connectivity index (χ1v) is 7.31. The first-order valence-electron chi connectivity index (χ1n) is 6.94. The Labute approximate surface area is 119 Å². The van der Waals surface area contributed by atoms with Crippen LogP contribution in [0.5, 0.6) is 0 Å². The van der Waals surface area contributed by atoms with Gasteiger partial charge in [0.15, 0.2) is 6.29 Å². The highest BCUT2D eigenvalue weighted by Crippen LogP contribution is 2.28. The number of ether oxygens (including phenoxy) is 2. The lowest BCUT2D eigenvalue weighted by molar-refractivity contribution is -0.0534. The van der Waals surface area contributed by atoms with Gasteiger partial charge in [-0.25, -0.2) is 0 Å². The van der Waals surface area contributed by atoms with Crippen LogP contribution in [0.4, 0.5) is 0 Å². The Morgan fingerprint density at radius 3 is 2.84 bits per heavy atom. The fourth-order valence-corrected chi connectivity index (χ4v) is 2.66. The average molecular weight is 288 g/mol. The van der Waals surface area contributed by atoms with E-state index in [-0.39, 0.29) is 12.3 Å². The zero-order valence-corrected chi connectivity index (χ0v) is 12.3. The number of nitrogens with one attached hydrogen (secondary N) is 1. The predicted molar refractivity (Wildman–Crippen MR) is 74.3 cm³/mol. The van der Waals surface area contributed by atoms with Crippen LogP contribution < -0.4 is 5.32 Å². The van der Waals surface area contributed by atoms with E-state index in [0.29, 0.717) is 18.2 Å². The Hall–Kier alpha value is -0.620. The number of nitrogens with zero attached hydrogens (tertiary/aromatic N) is 2. The van der Waals surface area contributed by atoms with E-state index >= 15 is 0 Å². The van der Waals surface area contributed by atoms with Crippen molar-refractivity contribution in [1.29, 1.82) is 0 Å². The third-order valence-corrected chi connectivity index (χ3v) is 3.46. The van der Waals surface area contributed by atoms with Gasteiger partial charge in [-0.3, -0.25) is 4.68 Å². The van der Waals surface area contributed by atoms with Gasteiger partial charge in [0.2, 0.25) is 0 Å². The molecule has 0 amide bonds. The van der Waals surface area contributed by atoms with Crippen molar-refractivity contribution in [2.75, 3.05) is 19.8 Å². The number of aryl methyl sites for hydroxylation is 1. The highest BCUT2D eigenvalue weighted by Gasteiger charge is 2.26. The standard InChI is InChI=1S/C13H22ClN3O2/c1-3-5-17-13(10(14)9-16-17)11(15-4-2)8-12-18-6-7-19-12/h9,11-12,15H,3-8H2,1-2H3. The monoisotopic (exact) mass is 287 g/mol. The maximum Gasteiger partial charge on any atom is 0.159 e. The molecule has 0 aromatic carbocycles. The molecule has 1 unspecified atom stereocenters. The second kappa shape index (κ2) is 7.24. The first-order chi connectivity index (χ1) is 9.26. The molecule has 0 spiro atoms. The second-order valence-corrected chi connectivity index (χ2v) is 5.03. The third-order valence-electron chi connectivity index (χ3n) is 3.17. The molecule has 1 saturated heterocycles. The molecule has 1 aliphatic heterocycles. The van der Waals surface area contributed by atoms with Gasteiger partial charge in [-0.1, -0.05) is 25.4 Å². The summed E-state index contributed by atoms with van der Waals surface area (Å²) in [6.45, 7) is 7.29. The number of halogens is 1. The Balaban J connectivity index is 2.14. The summed E-state index contributed by atoms with van der Waals surface area (Å²) < 4.78 is 13.0. The average Bonchev–Trinajstić information content (AvgIpc) is 3.00. The quantitative estimate of drug-likeness (QED) is 0.836. The van der Waals surface area contributed by atoms with Crippen molar-refractivity contribution in [2.45, 2.75) is 45.6 Å². The molecule has 108 valence electrons. The minimum absolute atomic E-state index is 0.106. The minimum Gasteiger partial charge on any atom is -0.350 e. The van der Waals surface area contributed by atoms with Crippen molar-refractivity contribution in [3.8, 4) is 0 Å². The predicted octanol–water partition coefficient (Wildman–Crippen LogP) is 2.36. The normalized spacial score (nSPS) is 18.1. The molecule has 5 nitrogen and oxygen atoms in total. The number of aromatic nitrogens is 2. The van der Waals surface area contributed by atoms with Crippen molar-refractivity contribution in [2.24, 2.45) is 0 Å². The highest BCUT2D eigenvalue weighted by atomic mass is 35.5. The maximum atomic E-state index is 6.29. The zero-order chi connectivity index (χ0) is 13.7. The smallest absolute Gasteiger partial charge is 0.159 e. The molecule has 1 aromatic rings. The van der Waals surface area contributed by atoms with Crippen LogP contribution in [0.25, 0.3) is 0 Å². The van der Waals surface area contributed by atoms with Gasteiger partial charge in [-0.2, -0.15) is 5.10 Å². The Kier molecular flexibility index (Phi) is 5.63. The van der Waals surface area contributed by atoms with E-state index in [1.807, 2.05) is 4.68 Å². The summed E-state index contributed by atoms with van der Waals surface area (Å²) in [6, 6.07) is 0.106. The van der Waals surface area contributed by atoms with Crippen molar-refractivity contribution >= 4 is 11.6 Å². The van der Waals surface area contributed by atoms with Crippen LogP contribution in [0.3, 0.4) is 0 Å². The summed E-state index contributed by atoms with van der Waals surface area (Å²) in [5, 5.41) is 8.50. The van der Waals surface area contributed by atoms with Crippen molar-refractivity contribution in [3.05, 3.63) is 16.9 Å². The molecule has 1 atom stereocenters. The number of hydrogen-bond donors (Lipinski definition) is 1. The lowest BCUT2D eigenvalue weighted by atomic mass is 10.1. The Morgan fingerprint density at radius 1 is 1.47 bits per heavy atom. The van der Waals surface area contributed by atoms with Crippen LogP contribution in [0.15, 0.2) is 6.20 Å². The molecule has 0 radical (unpaired) electrons. The summed E-state index contributed by atoms with van der Waals surface area (Å²) in [6.07, 6.45) is 3.35. The zero-order valence-electron chi connectivity index (χ0n) is 11.6. The van der Waals surface area contributed by atoms with E-state index < -0.39 is 0 Å². The van der Waals surface area contributed by atoms with E-state index in [0.717, 1.165) is 31.6 Å². The molecule has 1 fully saturated rings. The van der Waals surface area contributed by atoms with Crippen molar-refractivity contribution in [1.82, 2.24) is 15.1 Å². The van der Waals surface area contributed by atoms with E-state index in [2.05, 4.69) is 24.3 Å². The molecule has 6 heteroatoms. The molecule has 0 bridgehead atoms. The van der Waals surface area contributed by atoms with Crippen molar-refractivity contribution < 1.29 is 9.47 Å². The Bertz CT molecular complexity index is 391. The largest absolute Gasteiger partial charge is 0.350 e. The molecule has 2 heterocycles. The van der Waals surface area contributed by atoms with Gasteiger partial charge >= 0.3 is 0 Å². The molecule has 0 aliphatic carbocycles. The highest BCUT2D eigenvalue weighted by molar-refractivity contribution is 6.31. The van der Waals surface area contributed by atoms with Crippen LogP contribution in [0.2, 0.25) is 5.02 Å². The van der Waals surface area contributed by atoms with Crippen LogP contribution in [0, 0.1) is 0 Å². The van der Waals surface area contributed by atoms with E-state index in [9.17, 15) is 0 Å². The fourth-order valence-electron chi connectivity index (χ4n) is 2.38. The van der Waals surface area contributed by atoms with E-state index in [1.54, 1.807) is 6.20 Å². The van der Waals surface area contributed by atoms with Crippen LogP contribution in [-0.2, 0) is 16.0 Å². The van der Waals surface area contributed by atoms with Gasteiger partial charge in [0, 0.05) is 13.0 Å². The first kappa shape index (κ1) is 14.8. The van der Waals surface area contributed by atoms with Crippen LogP contribution in [-0.4, -0.2) is 35.8 Å². The summed E-state index contributed by atoms with van der Waals surface area (Å²) >= 11 is 6.29. The molecule has 2 rings (SSSR count). The third kappa shape index (κ3) is 3.69. The minimum atomic E-state index is -0.148. The van der Waals surface area contributed by atoms with Gasteiger partial charge in [0.25, 0.3) is 0 Å². The van der Waals surface area contributed by atoms with Crippen LogP contribution >= 0.6 is 11.6 Å². The second-order valence-electron chi connectivity index (χ2n) is 4.62. The lowest BCUT2D eigenvalue weighted by Crippen LogP contribution is -2.28. The number of rotatable bonds is 7. The van der Waals surface area contributed by atoms with Gasteiger partial charge < -0.3 is 14.8 Å². The molecule has 19 heavy (non-hydrogen) atoms. The van der Waals surface area contributed by atoms with Gasteiger partial charge in [-0.05, 0) is 13.0 Å². The summed E-state index contributed by atoms with van der Waals surface area (Å²) in [5.41, 5.74) is 1.03.